The van der Waals surface area contributed by atoms with Crippen LogP contribution in [0.5, 0.6) is 5.75 Å². The summed E-state index contributed by atoms with van der Waals surface area (Å²) in [7, 11) is 1.63. The molecule has 0 amide bonds. The lowest BCUT2D eigenvalue weighted by molar-refractivity contribution is 0.415. The van der Waals surface area contributed by atoms with E-state index in [1.54, 1.807) is 31.4 Å². The summed E-state index contributed by atoms with van der Waals surface area (Å²) in [5, 5.41) is 13.1. The van der Waals surface area contributed by atoms with E-state index in [4.69, 9.17) is 27.9 Å². The first kappa shape index (κ1) is 17.5. The summed E-state index contributed by atoms with van der Waals surface area (Å²) >= 11 is 13.5. The summed E-state index contributed by atoms with van der Waals surface area (Å²) in [5.41, 5.74) is 2.95. The molecule has 2 aromatic carbocycles. The number of rotatable bonds is 4. The monoisotopic (exact) mass is 386 g/mol. The minimum atomic E-state index is 0.453. The van der Waals surface area contributed by atoms with Gasteiger partial charge in [0.2, 0.25) is 0 Å². The van der Waals surface area contributed by atoms with Gasteiger partial charge in [-0.15, -0.1) is 11.3 Å². The number of benzene rings is 2. The molecule has 0 bridgehead atoms. The van der Waals surface area contributed by atoms with Crippen molar-refractivity contribution in [2.24, 2.45) is 0 Å². The third kappa shape index (κ3) is 4.02. The number of nitrogens with zero attached hydrogens (tertiary/aromatic N) is 2. The topological polar surface area (TPSA) is 45.9 Å². The minimum absolute atomic E-state index is 0.453. The molecule has 0 aliphatic rings. The van der Waals surface area contributed by atoms with Gasteiger partial charge < -0.3 is 4.74 Å². The van der Waals surface area contributed by atoms with Gasteiger partial charge >= 0.3 is 0 Å². The van der Waals surface area contributed by atoms with Crippen LogP contribution in [0.2, 0.25) is 10.0 Å². The fourth-order valence-electron chi connectivity index (χ4n) is 2.21. The molecule has 0 aliphatic carbocycles. The number of hydrogen-bond donors (Lipinski definition) is 0. The van der Waals surface area contributed by atoms with E-state index in [9.17, 15) is 5.26 Å². The van der Waals surface area contributed by atoms with Crippen LogP contribution in [0.15, 0.2) is 47.8 Å². The maximum Gasteiger partial charge on any atom is 0.134 e. The third-order valence-electron chi connectivity index (χ3n) is 3.50. The van der Waals surface area contributed by atoms with Crippen LogP contribution in [-0.2, 0) is 0 Å². The molecule has 6 heteroatoms. The smallest absolute Gasteiger partial charge is 0.134 e. The number of thiazole rings is 1. The van der Waals surface area contributed by atoms with Crippen molar-refractivity contribution in [3.8, 4) is 23.1 Å². The standard InChI is InChI=1S/C19H12Cl2N2OS/c1-24-16-6-3-12(4-7-16)18-11-25-19(23-18)14(10-22)8-13-2-5-15(20)9-17(13)21/h2-9,11H,1H3/b14-8+. The Labute approximate surface area is 159 Å². The largest absolute Gasteiger partial charge is 0.497 e. The van der Waals surface area contributed by atoms with Gasteiger partial charge in [0.15, 0.2) is 0 Å². The van der Waals surface area contributed by atoms with Crippen LogP contribution in [0.4, 0.5) is 0 Å². The third-order valence-corrected chi connectivity index (χ3v) is 4.94. The van der Waals surface area contributed by atoms with Crippen molar-refractivity contribution in [1.29, 1.82) is 5.26 Å². The van der Waals surface area contributed by atoms with E-state index < -0.39 is 0 Å². The van der Waals surface area contributed by atoms with Crippen LogP contribution in [0, 0.1) is 11.3 Å². The predicted octanol–water partition coefficient (Wildman–Crippen LogP) is 6.19. The summed E-state index contributed by atoms with van der Waals surface area (Å²) in [4.78, 5) is 4.57. The molecule has 1 aromatic heterocycles. The van der Waals surface area contributed by atoms with Gasteiger partial charge in [0.05, 0.1) is 18.4 Å². The van der Waals surface area contributed by atoms with Crippen molar-refractivity contribution in [2.75, 3.05) is 7.11 Å². The second kappa shape index (κ2) is 7.71. The average Bonchev–Trinajstić information content (AvgIpc) is 3.11. The van der Waals surface area contributed by atoms with E-state index in [1.165, 1.54) is 11.3 Å². The number of nitriles is 1. The predicted molar refractivity (Wildman–Crippen MR) is 104 cm³/mol. The highest BCUT2D eigenvalue weighted by molar-refractivity contribution is 7.11. The molecule has 0 spiro atoms. The molecule has 0 fully saturated rings. The zero-order chi connectivity index (χ0) is 17.8. The lowest BCUT2D eigenvalue weighted by Gasteiger charge is -2.01. The molecule has 3 aromatic rings. The lowest BCUT2D eigenvalue weighted by atomic mass is 10.1. The number of hydrogen-bond acceptors (Lipinski definition) is 4. The number of methoxy groups -OCH3 is 1. The molecule has 124 valence electrons. The van der Waals surface area contributed by atoms with Crippen LogP contribution >= 0.6 is 34.5 Å². The van der Waals surface area contributed by atoms with Crippen molar-refractivity contribution in [3.05, 3.63) is 68.5 Å². The van der Waals surface area contributed by atoms with Crippen LogP contribution in [-0.4, -0.2) is 12.1 Å². The first-order valence-corrected chi connectivity index (χ1v) is 8.91. The van der Waals surface area contributed by atoms with Gasteiger partial charge in [0, 0.05) is 21.0 Å². The van der Waals surface area contributed by atoms with E-state index in [2.05, 4.69) is 11.1 Å². The highest BCUT2D eigenvalue weighted by atomic mass is 35.5. The SMILES string of the molecule is COc1ccc(-c2csc(/C(C#N)=C/c3ccc(Cl)cc3Cl)n2)cc1. The first-order valence-electron chi connectivity index (χ1n) is 7.28. The van der Waals surface area contributed by atoms with Gasteiger partial charge in [-0.2, -0.15) is 5.26 Å². The van der Waals surface area contributed by atoms with Crippen LogP contribution in [0.1, 0.15) is 10.6 Å². The summed E-state index contributed by atoms with van der Waals surface area (Å²) in [6, 6.07) is 15.0. The molecule has 0 saturated heterocycles. The van der Waals surface area contributed by atoms with E-state index in [-0.39, 0.29) is 0 Å². The molecular formula is C19H12Cl2N2OS. The van der Waals surface area contributed by atoms with Gasteiger partial charge in [-0.05, 0) is 48.0 Å². The Bertz CT molecular complexity index is 972. The molecule has 0 unspecified atom stereocenters. The van der Waals surface area contributed by atoms with E-state index in [1.807, 2.05) is 29.6 Å². The number of ether oxygens (including phenoxy) is 1. The molecule has 0 aliphatic heterocycles. The number of aromatic nitrogens is 1. The summed E-state index contributed by atoms with van der Waals surface area (Å²) in [5.74, 6) is 0.786. The molecule has 0 atom stereocenters. The van der Waals surface area contributed by atoms with Crippen LogP contribution in [0.3, 0.4) is 0 Å². The normalized spacial score (nSPS) is 11.2. The second-order valence-electron chi connectivity index (χ2n) is 5.10. The zero-order valence-electron chi connectivity index (χ0n) is 13.2. The van der Waals surface area contributed by atoms with Gasteiger partial charge in [-0.25, -0.2) is 4.98 Å². The van der Waals surface area contributed by atoms with Crippen LogP contribution < -0.4 is 4.74 Å². The zero-order valence-corrected chi connectivity index (χ0v) is 15.5. The van der Waals surface area contributed by atoms with E-state index in [0.717, 1.165) is 22.6 Å². The van der Waals surface area contributed by atoms with Gasteiger partial charge in [0.1, 0.15) is 16.8 Å². The Kier molecular flexibility index (Phi) is 5.40. The second-order valence-corrected chi connectivity index (χ2v) is 6.80. The van der Waals surface area contributed by atoms with Crippen molar-refractivity contribution < 1.29 is 4.74 Å². The van der Waals surface area contributed by atoms with Gasteiger partial charge in [0.25, 0.3) is 0 Å². The first-order chi connectivity index (χ1) is 12.1. The Morgan fingerprint density at radius 3 is 2.60 bits per heavy atom. The highest BCUT2D eigenvalue weighted by Crippen LogP contribution is 2.30. The Morgan fingerprint density at radius 2 is 1.96 bits per heavy atom. The summed E-state index contributed by atoms with van der Waals surface area (Å²) in [6.45, 7) is 0. The van der Waals surface area contributed by atoms with Gasteiger partial charge in [-0.1, -0.05) is 29.3 Å². The minimum Gasteiger partial charge on any atom is -0.497 e. The number of halogens is 2. The summed E-state index contributed by atoms with van der Waals surface area (Å²) in [6.07, 6.45) is 1.72. The maximum absolute atomic E-state index is 9.50. The van der Waals surface area contributed by atoms with E-state index >= 15 is 0 Å². The maximum atomic E-state index is 9.50. The van der Waals surface area contributed by atoms with Crippen molar-refractivity contribution in [2.45, 2.75) is 0 Å². The number of allylic oxidation sites excluding steroid dienone is 1. The summed E-state index contributed by atoms with van der Waals surface area (Å²) < 4.78 is 5.16. The quantitative estimate of drug-likeness (QED) is 0.502. The Balaban J connectivity index is 1.93. The fourth-order valence-corrected chi connectivity index (χ4v) is 3.47. The molecule has 25 heavy (non-hydrogen) atoms. The molecule has 3 nitrogen and oxygen atoms in total. The van der Waals surface area contributed by atoms with Crippen molar-refractivity contribution in [3.63, 3.8) is 0 Å². The molecule has 3 rings (SSSR count). The molecule has 0 saturated carbocycles. The molecular weight excluding hydrogens is 375 g/mol. The van der Waals surface area contributed by atoms with Crippen molar-refractivity contribution in [1.82, 2.24) is 4.98 Å². The average molecular weight is 387 g/mol. The Morgan fingerprint density at radius 1 is 1.20 bits per heavy atom. The highest BCUT2D eigenvalue weighted by Gasteiger charge is 2.10. The van der Waals surface area contributed by atoms with E-state index in [0.29, 0.717) is 20.6 Å². The lowest BCUT2D eigenvalue weighted by Crippen LogP contribution is -1.85. The Hall–Kier alpha value is -2.32. The molecule has 1 heterocycles. The molecule has 0 N–H and O–H groups in total. The molecule has 0 radical (unpaired) electrons. The fraction of sp³-hybridized carbons (Fsp3) is 0.0526. The van der Waals surface area contributed by atoms with Crippen LogP contribution in [0.25, 0.3) is 22.9 Å². The van der Waals surface area contributed by atoms with Crippen molar-refractivity contribution >= 4 is 46.2 Å². The van der Waals surface area contributed by atoms with Gasteiger partial charge in [-0.3, -0.25) is 0 Å².